The fourth-order valence-corrected chi connectivity index (χ4v) is 12.5. The van der Waals surface area contributed by atoms with Crippen LogP contribution < -0.4 is 5.73 Å². The van der Waals surface area contributed by atoms with Gasteiger partial charge in [-0.05, 0) is 112 Å². The Morgan fingerprint density at radius 2 is 1.47 bits per heavy atom. The molecule has 0 aromatic heterocycles. The van der Waals surface area contributed by atoms with Gasteiger partial charge in [0.25, 0.3) is 0 Å². The van der Waals surface area contributed by atoms with Gasteiger partial charge in [0.1, 0.15) is 11.2 Å². The SMILES string of the molecule is CC(C)CCC[C@@H](C)[C@H]1CC[C@H]2[C@@H]3C[C@]4(C(N)(CCCCCO)CCCCCO)O[C@@]45C[C@@H](O)CC[C@]5(C)[C@H]3CC[C@]12C. The number of rotatable bonds is 16. The van der Waals surface area contributed by atoms with E-state index in [4.69, 9.17) is 10.5 Å². The lowest BCUT2D eigenvalue weighted by Crippen LogP contribution is -2.68. The molecule has 250 valence electrons. The third kappa shape index (κ3) is 5.70. The fraction of sp³-hybridized carbons (Fsp3) is 1.00. The van der Waals surface area contributed by atoms with E-state index in [0.29, 0.717) is 17.3 Å². The molecule has 5 nitrogen and oxygen atoms in total. The van der Waals surface area contributed by atoms with Gasteiger partial charge in [-0.3, -0.25) is 0 Å². The van der Waals surface area contributed by atoms with Gasteiger partial charge in [-0.25, -0.2) is 0 Å². The maximum Gasteiger partial charge on any atom is 0.117 e. The Morgan fingerprint density at radius 1 is 0.791 bits per heavy atom. The molecular weight excluding hydrogens is 534 g/mol. The molecule has 5 fully saturated rings. The standard InChI is InChI=1S/C38H69NO4/c1-27(2)13-12-14-28(3)31-15-16-32-30-26-38(36(39,19-8-6-10-23-40)20-9-7-11-24-41)37(43-38)25-29(42)17-22-35(37,5)33(30)18-21-34(31,32)4/h27-33,40-42H,6-26,39H2,1-5H3/t28-,29+,30+,31-,32+,33+,34-,35-,37-,38-/m1/s1. The molecular formula is C38H69NO4. The van der Waals surface area contributed by atoms with Crippen LogP contribution in [0.2, 0.25) is 0 Å². The van der Waals surface area contributed by atoms with E-state index in [1.54, 1.807) is 0 Å². The van der Waals surface area contributed by atoms with Gasteiger partial charge >= 0.3 is 0 Å². The van der Waals surface area contributed by atoms with Gasteiger partial charge in [0.15, 0.2) is 0 Å². The van der Waals surface area contributed by atoms with E-state index in [0.717, 1.165) is 101 Å². The quantitative estimate of drug-likeness (QED) is 0.107. The second kappa shape index (κ2) is 13.1. The van der Waals surface area contributed by atoms with Crippen molar-refractivity contribution in [2.75, 3.05) is 13.2 Å². The molecule has 1 spiro atoms. The van der Waals surface area contributed by atoms with Crippen molar-refractivity contribution in [3.8, 4) is 0 Å². The summed E-state index contributed by atoms with van der Waals surface area (Å²) in [6.45, 7) is 13.0. The van der Waals surface area contributed by atoms with Gasteiger partial charge in [0, 0.05) is 30.6 Å². The summed E-state index contributed by atoms with van der Waals surface area (Å²) in [7, 11) is 0. The highest BCUT2D eigenvalue weighted by Crippen LogP contribution is 2.80. The minimum Gasteiger partial charge on any atom is -0.396 e. The van der Waals surface area contributed by atoms with Crippen molar-refractivity contribution in [1.29, 1.82) is 0 Å². The third-order valence-electron chi connectivity index (χ3n) is 14.7. The summed E-state index contributed by atoms with van der Waals surface area (Å²) in [4.78, 5) is 0. The second-order valence-corrected chi connectivity index (χ2v) is 17.4. The Kier molecular flexibility index (Phi) is 10.4. The van der Waals surface area contributed by atoms with Crippen LogP contribution in [0.15, 0.2) is 0 Å². The zero-order chi connectivity index (χ0) is 31.1. The van der Waals surface area contributed by atoms with Gasteiger partial charge in [0.2, 0.25) is 0 Å². The lowest BCUT2D eigenvalue weighted by molar-refractivity contribution is -0.128. The number of hydrogen-bond acceptors (Lipinski definition) is 5. The molecule has 5 aliphatic rings. The summed E-state index contributed by atoms with van der Waals surface area (Å²) in [5, 5.41) is 30.1. The van der Waals surface area contributed by atoms with Crippen LogP contribution in [0.4, 0.5) is 0 Å². The molecule has 4 saturated carbocycles. The van der Waals surface area contributed by atoms with Crippen LogP contribution in [0.3, 0.4) is 0 Å². The topological polar surface area (TPSA) is 99.2 Å². The Labute approximate surface area is 264 Å². The van der Waals surface area contributed by atoms with Gasteiger partial charge in [-0.15, -0.1) is 0 Å². The average molecular weight is 604 g/mol. The molecule has 1 heterocycles. The number of ether oxygens (including phenoxy) is 1. The lowest BCUT2D eigenvalue weighted by atomic mass is 9.40. The smallest absolute Gasteiger partial charge is 0.117 e. The highest BCUT2D eigenvalue weighted by Gasteiger charge is 2.87. The monoisotopic (exact) mass is 604 g/mol. The van der Waals surface area contributed by atoms with Gasteiger partial charge in [0.05, 0.1) is 6.10 Å². The zero-order valence-electron chi connectivity index (χ0n) is 28.7. The zero-order valence-corrected chi connectivity index (χ0v) is 28.7. The number of fused-ring (bicyclic) bond motifs is 4. The van der Waals surface area contributed by atoms with Crippen molar-refractivity contribution in [1.82, 2.24) is 0 Å². The fourth-order valence-electron chi connectivity index (χ4n) is 12.5. The summed E-state index contributed by atoms with van der Waals surface area (Å²) < 4.78 is 7.35. The van der Waals surface area contributed by atoms with Crippen LogP contribution in [0, 0.1) is 46.3 Å². The molecule has 5 heteroatoms. The van der Waals surface area contributed by atoms with Crippen molar-refractivity contribution >= 4 is 0 Å². The van der Waals surface area contributed by atoms with Crippen molar-refractivity contribution in [3.63, 3.8) is 0 Å². The molecule has 10 atom stereocenters. The number of epoxide rings is 1. The largest absolute Gasteiger partial charge is 0.396 e. The number of aliphatic hydroxyl groups is 3. The summed E-state index contributed by atoms with van der Waals surface area (Å²) in [6.07, 6.45) is 20.5. The molecule has 5 rings (SSSR count). The Morgan fingerprint density at radius 3 is 2.09 bits per heavy atom. The second-order valence-electron chi connectivity index (χ2n) is 17.4. The molecule has 0 bridgehead atoms. The molecule has 1 saturated heterocycles. The van der Waals surface area contributed by atoms with E-state index >= 15 is 0 Å². The van der Waals surface area contributed by atoms with Crippen molar-refractivity contribution in [2.24, 2.45) is 52.1 Å². The maximum absolute atomic E-state index is 11.1. The van der Waals surface area contributed by atoms with Crippen LogP contribution in [0.5, 0.6) is 0 Å². The van der Waals surface area contributed by atoms with Crippen molar-refractivity contribution in [2.45, 2.75) is 179 Å². The normalized spacial score (nSPS) is 42.7. The number of aliphatic hydroxyl groups excluding tert-OH is 3. The first-order valence-electron chi connectivity index (χ1n) is 18.8. The molecule has 1 aliphatic heterocycles. The van der Waals surface area contributed by atoms with Gasteiger partial charge in [-0.1, -0.05) is 79.6 Å². The molecule has 0 aromatic carbocycles. The molecule has 43 heavy (non-hydrogen) atoms. The van der Waals surface area contributed by atoms with Crippen LogP contribution in [-0.4, -0.2) is 51.4 Å². The van der Waals surface area contributed by atoms with Crippen LogP contribution in [-0.2, 0) is 4.74 Å². The molecule has 0 radical (unpaired) electrons. The molecule has 4 aliphatic carbocycles. The summed E-state index contributed by atoms with van der Waals surface area (Å²) in [5.41, 5.74) is 7.11. The first-order valence-corrected chi connectivity index (χ1v) is 18.8. The van der Waals surface area contributed by atoms with Crippen molar-refractivity contribution in [3.05, 3.63) is 0 Å². The van der Waals surface area contributed by atoms with E-state index in [1.807, 2.05) is 0 Å². The predicted octanol–water partition coefficient (Wildman–Crippen LogP) is 7.77. The maximum atomic E-state index is 11.1. The van der Waals surface area contributed by atoms with E-state index in [9.17, 15) is 15.3 Å². The molecule has 0 aromatic rings. The molecule has 0 unspecified atom stereocenters. The Hall–Kier alpha value is -0.200. The number of nitrogens with two attached hydrogens (primary N) is 1. The van der Waals surface area contributed by atoms with E-state index in [1.165, 1.54) is 44.9 Å². The molecule has 5 N–H and O–H groups in total. The minimum absolute atomic E-state index is 0.0677. The van der Waals surface area contributed by atoms with Gasteiger partial charge in [-0.2, -0.15) is 0 Å². The van der Waals surface area contributed by atoms with Gasteiger partial charge < -0.3 is 25.8 Å². The van der Waals surface area contributed by atoms with Crippen LogP contribution >= 0.6 is 0 Å². The minimum atomic E-state index is -0.433. The van der Waals surface area contributed by atoms with Crippen LogP contribution in [0.1, 0.15) is 157 Å². The first kappa shape index (κ1) is 34.1. The lowest BCUT2D eigenvalue weighted by Gasteiger charge is -2.62. The summed E-state index contributed by atoms with van der Waals surface area (Å²) in [5.74, 6) is 4.49. The van der Waals surface area contributed by atoms with Crippen LogP contribution in [0.25, 0.3) is 0 Å². The summed E-state index contributed by atoms with van der Waals surface area (Å²) >= 11 is 0. The molecule has 0 amide bonds. The average Bonchev–Trinajstić information content (AvgIpc) is 3.49. The number of hydrogen-bond donors (Lipinski definition) is 4. The summed E-state index contributed by atoms with van der Waals surface area (Å²) in [6, 6.07) is 0. The van der Waals surface area contributed by atoms with E-state index in [2.05, 4.69) is 34.6 Å². The first-order chi connectivity index (χ1) is 20.4. The third-order valence-corrected chi connectivity index (χ3v) is 14.7. The highest BCUT2D eigenvalue weighted by molar-refractivity contribution is 5.37. The van der Waals surface area contributed by atoms with Crippen molar-refractivity contribution < 1.29 is 20.1 Å². The predicted molar refractivity (Wildman–Crippen MR) is 176 cm³/mol. The van der Waals surface area contributed by atoms with E-state index in [-0.39, 0.29) is 35.9 Å². The highest BCUT2D eigenvalue weighted by atomic mass is 16.6. The Balaban J connectivity index is 1.45. The Bertz CT molecular complexity index is 914. The van der Waals surface area contributed by atoms with E-state index < -0.39 is 5.54 Å². The number of unbranched alkanes of at least 4 members (excludes halogenated alkanes) is 4.